The molecular formula is C31H32F3N3O5. The summed E-state index contributed by atoms with van der Waals surface area (Å²) in [6.45, 7) is 0.691. The molecule has 2 aromatic carbocycles. The number of hydrogen-bond donors (Lipinski definition) is 0. The summed E-state index contributed by atoms with van der Waals surface area (Å²) >= 11 is 0. The Balaban J connectivity index is 1.26. The van der Waals surface area contributed by atoms with Gasteiger partial charge < -0.3 is 18.5 Å². The number of methoxy groups -OCH3 is 1. The fourth-order valence-corrected chi connectivity index (χ4v) is 6.19. The van der Waals surface area contributed by atoms with Crippen LogP contribution in [0.5, 0.6) is 0 Å². The van der Waals surface area contributed by atoms with E-state index in [1.807, 2.05) is 0 Å². The predicted molar refractivity (Wildman–Crippen MR) is 148 cm³/mol. The fourth-order valence-electron chi connectivity index (χ4n) is 6.19. The molecule has 8 nitrogen and oxygen atoms in total. The van der Waals surface area contributed by atoms with E-state index in [1.165, 1.54) is 36.3 Å². The minimum atomic E-state index is -2.72. The van der Waals surface area contributed by atoms with E-state index < -0.39 is 35.9 Å². The molecule has 0 spiro atoms. The van der Waals surface area contributed by atoms with E-state index in [0.29, 0.717) is 49.7 Å². The third-order valence-electron chi connectivity index (χ3n) is 8.50. The van der Waals surface area contributed by atoms with E-state index in [4.69, 9.17) is 13.9 Å². The van der Waals surface area contributed by atoms with E-state index in [1.54, 1.807) is 23.9 Å². The van der Waals surface area contributed by atoms with Gasteiger partial charge in [-0.2, -0.15) is 4.39 Å². The maximum Gasteiger partial charge on any atom is 0.330 e. The first-order valence-electron chi connectivity index (χ1n) is 14.2. The lowest BCUT2D eigenvalue weighted by Gasteiger charge is -2.37. The van der Waals surface area contributed by atoms with E-state index in [2.05, 4.69) is 4.98 Å². The third kappa shape index (κ3) is 5.09. The van der Waals surface area contributed by atoms with Crippen LogP contribution in [0.2, 0.25) is 0 Å². The quantitative estimate of drug-likeness (QED) is 0.190. The van der Waals surface area contributed by atoms with E-state index in [9.17, 15) is 14.0 Å². The van der Waals surface area contributed by atoms with Crippen molar-refractivity contribution in [3.8, 4) is 11.5 Å². The number of halogens is 3. The topological polar surface area (TPSA) is 86.8 Å². The molecule has 0 N–H and O–H groups in total. The summed E-state index contributed by atoms with van der Waals surface area (Å²) in [4.78, 5) is 31.2. The number of aryl methyl sites for hydroxylation is 1. The number of ketones is 1. The van der Waals surface area contributed by atoms with E-state index in [-0.39, 0.29) is 34.4 Å². The molecule has 0 bridgehead atoms. The van der Waals surface area contributed by atoms with Gasteiger partial charge in [0.25, 0.3) is 0 Å². The van der Waals surface area contributed by atoms with Crippen molar-refractivity contribution in [2.24, 2.45) is 13.0 Å². The van der Waals surface area contributed by atoms with Crippen molar-refractivity contribution in [3.05, 3.63) is 53.7 Å². The predicted octanol–water partition coefficient (Wildman–Crippen LogP) is 5.84. The normalized spacial score (nSPS) is 21.2. The lowest BCUT2D eigenvalue weighted by atomic mass is 9.87. The largest absolute Gasteiger partial charge is 0.469 e. The zero-order valence-corrected chi connectivity index (χ0v) is 23.5. The summed E-state index contributed by atoms with van der Waals surface area (Å²) in [5.41, 5.74) is 1.25. The SMILES string of the molecule is COC(=O)[C@H]1CC[C@H](OC(F)(C(=O)Cc2ccc3nc(-c4cn(C)c5ccc(F)cc45)oc3c2F)N2CCCC2)CC1. The minimum absolute atomic E-state index is 0.0432. The zero-order chi connectivity index (χ0) is 29.6. The molecule has 2 aromatic heterocycles. The molecule has 3 heterocycles. The second kappa shape index (κ2) is 11.2. The van der Waals surface area contributed by atoms with Gasteiger partial charge in [0, 0.05) is 43.7 Å². The molecule has 1 unspecified atom stereocenters. The Labute approximate surface area is 240 Å². The number of alkyl halides is 1. The van der Waals surface area contributed by atoms with Crippen LogP contribution >= 0.6 is 0 Å². The summed E-state index contributed by atoms with van der Waals surface area (Å²) in [5.74, 6) is -5.33. The first-order valence-corrected chi connectivity index (χ1v) is 14.2. The summed E-state index contributed by atoms with van der Waals surface area (Å²) in [6.07, 6.45) is 3.82. The molecule has 1 saturated heterocycles. The molecule has 1 aliphatic heterocycles. The van der Waals surface area contributed by atoms with Crippen molar-refractivity contribution in [2.75, 3.05) is 20.2 Å². The van der Waals surface area contributed by atoms with Crippen LogP contribution in [-0.2, 0) is 32.5 Å². The smallest absolute Gasteiger partial charge is 0.330 e. The van der Waals surface area contributed by atoms with Crippen LogP contribution < -0.4 is 0 Å². The molecule has 1 atom stereocenters. The van der Waals surface area contributed by atoms with Crippen LogP contribution in [0, 0.1) is 17.6 Å². The van der Waals surface area contributed by atoms with Crippen LogP contribution in [0.1, 0.15) is 44.1 Å². The molecule has 2 aliphatic rings. The lowest BCUT2D eigenvalue weighted by molar-refractivity contribution is -0.252. The van der Waals surface area contributed by atoms with Gasteiger partial charge in [-0.1, -0.05) is 6.07 Å². The maximum absolute atomic E-state index is 16.6. The Bertz CT molecular complexity index is 1650. The van der Waals surface area contributed by atoms with Gasteiger partial charge in [0.05, 0.1) is 24.7 Å². The number of benzene rings is 2. The van der Waals surface area contributed by atoms with Gasteiger partial charge in [0.15, 0.2) is 11.4 Å². The van der Waals surface area contributed by atoms with Gasteiger partial charge in [0.1, 0.15) is 11.3 Å². The molecule has 42 heavy (non-hydrogen) atoms. The first-order chi connectivity index (χ1) is 20.2. The number of ether oxygens (including phenoxy) is 2. The van der Waals surface area contributed by atoms with Gasteiger partial charge in [-0.05, 0) is 68.4 Å². The van der Waals surface area contributed by atoms with Gasteiger partial charge in [-0.15, -0.1) is 0 Å². The third-order valence-corrected chi connectivity index (χ3v) is 8.50. The molecule has 1 saturated carbocycles. The number of rotatable bonds is 8. The van der Waals surface area contributed by atoms with Crippen molar-refractivity contribution < 1.29 is 36.7 Å². The van der Waals surface area contributed by atoms with Crippen molar-refractivity contribution in [1.29, 1.82) is 0 Å². The summed E-state index contributed by atoms with van der Waals surface area (Å²) in [7, 11) is 3.14. The molecule has 6 rings (SSSR count). The molecule has 222 valence electrons. The Morgan fingerprint density at radius 3 is 2.55 bits per heavy atom. The summed E-state index contributed by atoms with van der Waals surface area (Å²) in [6, 6.07) is 7.27. The molecule has 0 radical (unpaired) electrons. The van der Waals surface area contributed by atoms with Gasteiger partial charge >= 0.3 is 11.9 Å². The molecule has 1 aliphatic carbocycles. The van der Waals surface area contributed by atoms with Crippen LogP contribution in [0.15, 0.2) is 40.9 Å². The Hall–Kier alpha value is -3.70. The minimum Gasteiger partial charge on any atom is -0.469 e. The van der Waals surface area contributed by atoms with Crippen molar-refractivity contribution in [3.63, 3.8) is 0 Å². The van der Waals surface area contributed by atoms with Gasteiger partial charge in [-0.3, -0.25) is 9.59 Å². The highest BCUT2D eigenvalue weighted by Crippen LogP contribution is 2.36. The van der Waals surface area contributed by atoms with Crippen LogP contribution in [0.25, 0.3) is 33.5 Å². The molecule has 4 aromatic rings. The number of nitrogens with zero attached hydrogens (tertiary/aromatic N) is 3. The number of hydrogen-bond acceptors (Lipinski definition) is 7. The highest BCUT2D eigenvalue weighted by Gasteiger charge is 2.49. The first kappa shape index (κ1) is 28.4. The number of Topliss-reactive ketones (excluding diaryl/α,β-unsaturated/α-hetero) is 1. The average Bonchev–Trinajstić information content (AvgIpc) is 3.74. The number of likely N-dealkylation sites (tertiary alicyclic amines) is 1. The van der Waals surface area contributed by atoms with Crippen molar-refractivity contribution in [2.45, 2.75) is 57.0 Å². The Morgan fingerprint density at radius 1 is 1.10 bits per heavy atom. The summed E-state index contributed by atoms with van der Waals surface area (Å²) in [5, 5.41) is 0.561. The molecule has 0 amide bonds. The monoisotopic (exact) mass is 583 g/mol. The highest BCUT2D eigenvalue weighted by molar-refractivity contribution is 5.95. The van der Waals surface area contributed by atoms with Crippen molar-refractivity contribution >= 4 is 33.8 Å². The number of carbonyl (C=O) groups is 2. The fraction of sp³-hybridized carbons (Fsp3) is 0.452. The van der Waals surface area contributed by atoms with Gasteiger partial charge in [0.2, 0.25) is 11.7 Å². The molecule has 11 heteroatoms. The number of fused-ring (bicyclic) bond motifs is 2. The van der Waals surface area contributed by atoms with Crippen LogP contribution in [0.3, 0.4) is 0 Å². The second-order valence-corrected chi connectivity index (χ2v) is 11.2. The lowest BCUT2D eigenvalue weighted by Crippen LogP contribution is -2.54. The standard InChI is InChI=1S/C31H32F3N3O5/c1-36-17-23(22-16-20(32)8-12-25(22)36)29-35-24-11-7-19(27(33)28(24)41-29)15-26(38)31(34,37-13-3-4-14-37)42-21-9-5-18(6-10-21)30(39)40-2/h7-8,11-12,16-18,21H,3-6,9-10,13-15H2,1-2H3/t18-,21-,31?. The molecule has 2 fully saturated rings. The number of esters is 1. The van der Waals surface area contributed by atoms with Crippen LogP contribution in [0.4, 0.5) is 13.2 Å². The van der Waals surface area contributed by atoms with Crippen molar-refractivity contribution in [1.82, 2.24) is 14.5 Å². The number of oxazole rings is 1. The number of carbonyl (C=O) groups excluding carboxylic acids is 2. The average molecular weight is 584 g/mol. The zero-order valence-electron chi connectivity index (χ0n) is 23.5. The Morgan fingerprint density at radius 2 is 1.83 bits per heavy atom. The maximum atomic E-state index is 16.6. The van der Waals surface area contributed by atoms with E-state index in [0.717, 1.165) is 18.4 Å². The second-order valence-electron chi connectivity index (χ2n) is 11.2. The number of aromatic nitrogens is 2. The van der Waals surface area contributed by atoms with E-state index >= 15 is 8.78 Å². The highest BCUT2D eigenvalue weighted by atomic mass is 19.2. The summed E-state index contributed by atoms with van der Waals surface area (Å²) < 4.78 is 64.6. The Kier molecular flexibility index (Phi) is 7.57. The molecular weight excluding hydrogens is 551 g/mol. The van der Waals surface area contributed by atoms with Gasteiger partial charge in [-0.25, -0.2) is 18.7 Å². The van der Waals surface area contributed by atoms with Crippen LogP contribution in [-0.4, -0.2) is 58.5 Å².